The average molecular weight is 177 g/mol. The van der Waals surface area contributed by atoms with Gasteiger partial charge in [0.25, 0.3) is 5.56 Å². The SMILES string of the molecule is Nc1cc(-n2ccnc2)n[nH]c1=O. The van der Waals surface area contributed by atoms with E-state index in [4.69, 9.17) is 5.73 Å². The van der Waals surface area contributed by atoms with E-state index in [9.17, 15) is 4.79 Å². The number of aromatic amines is 1. The maximum Gasteiger partial charge on any atom is 0.287 e. The van der Waals surface area contributed by atoms with E-state index in [0.29, 0.717) is 5.82 Å². The number of hydrogen-bond acceptors (Lipinski definition) is 4. The summed E-state index contributed by atoms with van der Waals surface area (Å²) in [4.78, 5) is 14.7. The van der Waals surface area contributed by atoms with Gasteiger partial charge in [-0.1, -0.05) is 0 Å². The van der Waals surface area contributed by atoms with Gasteiger partial charge in [0.05, 0.1) is 0 Å². The standard InChI is InChI=1S/C7H7N5O/c8-5-3-6(10-11-7(5)13)12-2-1-9-4-12/h1-4H,(H2,8,10)(H,11,13). The molecule has 0 aliphatic heterocycles. The molecule has 66 valence electrons. The third-order valence-corrected chi connectivity index (χ3v) is 1.59. The number of hydrogen-bond donors (Lipinski definition) is 2. The third kappa shape index (κ3) is 1.28. The Bertz CT molecular complexity index is 458. The topological polar surface area (TPSA) is 89.6 Å². The van der Waals surface area contributed by atoms with Crippen molar-refractivity contribution in [1.82, 2.24) is 19.7 Å². The molecule has 6 nitrogen and oxygen atoms in total. The Kier molecular flexibility index (Phi) is 1.59. The summed E-state index contributed by atoms with van der Waals surface area (Å²) in [5.41, 5.74) is 5.16. The van der Waals surface area contributed by atoms with Gasteiger partial charge in [0.1, 0.15) is 12.0 Å². The van der Waals surface area contributed by atoms with Crippen LogP contribution in [-0.4, -0.2) is 19.7 Å². The molecule has 0 radical (unpaired) electrons. The van der Waals surface area contributed by atoms with Crippen molar-refractivity contribution in [3.63, 3.8) is 0 Å². The first kappa shape index (κ1) is 7.53. The van der Waals surface area contributed by atoms with Gasteiger partial charge >= 0.3 is 0 Å². The van der Waals surface area contributed by atoms with Gasteiger partial charge in [-0.3, -0.25) is 9.36 Å². The predicted octanol–water partition coefficient (Wildman–Crippen LogP) is -0.462. The number of aromatic nitrogens is 4. The minimum Gasteiger partial charge on any atom is -0.394 e. The number of anilines is 1. The van der Waals surface area contributed by atoms with E-state index >= 15 is 0 Å². The fraction of sp³-hybridized carbons (Fsp3) is 0. The highest BCUT2D eigenvalue weighted by Gasteiger charge is 1.99. The Labute approximate surface area is 73.0 Å². The van der Waals surface area contributed by atoms with Crippen LogP contribution in [0.3, 0.4) is 0 Å². The number of nitrogens with two attached hydrogens (primary N) is 1. The van der Waals surface area contributed by atoms with Gasteiger partial charge < -0.3 is 5.73 Å². The summed E-state index contributed by atoms with van der Waals surface area (Å²) >= 11 is 0. The van der Waals surface area contributed by atoms with Crippen molar-refractivity contribution in [2.45, 2.75) is 0 Å². The predicted molar refractivity (Wildman–Crippen MR) is 46.4 cm³/mol. The Morgan fingerprint density at radius 2 is 2.38 bits per heavy atom. The van der Waals surface area contributed by atoms with Crippen molar-refractivity contribution in [1.29, 1.82) is 0 Å². The van der Waals surface area contributed by atoms with Gasteiger partial charge in [0, 0.05) is 18.5 Å². The van der Waals surface area contributed by atoms with Crippen molar-refractivity contribution in [2.24, 2.45) is 0 Å². The first-order valence-electron chi connectivity index (χ1n) is 3.61. The van der Waals surface area contributed by atoms with E-state index in [1.54, 1.807) is 23.3 Å². The van der Waals surface area contributed by atoms with Gasteiger partial charge in [0.2, 0.25) is 0 Å². The number of nitrogen functional groups attached to an aromatic ring is 1. The molecule has 0 aliphatic carbocycles. The molecule has 2 aromatic heterocycles. The molecule has 0 bridgehead atoms. The monoisotopic (exact) mass is 177 g/mol. The highest BCUT2D eigenvalue weighted by atomic mass is 16.1. The lowest BCUT2D eigenvalue weighted by Crippen LogP contribution is -2.14. The highest BCUT2D eigenvalue weighted by molar-refractivity contribution is 5.40. The van der Waals surface area contributed by atoms with Crippen LogP contribution < -0.4 is 11.3 Å². The van der Waals surface area contributed by atoms with E-state index < -0.39 is 0 Å². The molecule has 2 aromatic rings. The molecule has 0 saturated heterocycles. The van der Waals surface area contributed by atoms with Crippen molar-refractivity contribution >= 4 is 5.69 Å². The molecule has 13 heavy (non-hydrogen) atoms. The largest absolute Gasteiger partial charge is 0.394 e. The van der Waals surface area contributed by atoms with E-state index in [-0.39, 0.29) is 11.2 Å². The molecule has 2 heterocycles. The molecule has 6 heteroatoms. The highest BCUT2D eigenvalue weighted by Crippen LogP contribution is 2.02. The lowest BCUT2D eigenvalue weighted by atomic mass is 10.4. The van der Waals surface area contributed by atoms with Crippen LogP contribution in [-0.2, 0) is 0 Å². The fourth-order valence-electron chi connectivity index (χ4n) is 0.936. The fourth-order valence-corrected chi connectivity index (χ4v) is 0.936. The number of nitrogens with one attached hydrogen (secondary N) is 1. The van der Waals surface area contributed by atoms with Gasteiger partial charge in [-0.25, -0.2) is 10.1 Å². The molecule has 0 unspecified atom stereocenters. The molecule has 0 aliphatic rings. The zero-order chi connectivity index (χ0) is 9.26. The third-order valence-electron chi connectivity index (χ3n) is 1.59. The number of rotatable bonds is 1. The quantitative estimate of drug-likeness (QED) is 0.616. The summed E-state index contributed by atoms with van der Waals surface area (Å²) in [6.45, 7) is 0. The van der Waals surface area contributed by atoms with Crippen LogP contribution in [0.2, 0.25) is 0 Å². The van der Waals surface area contributed by atoms with E-state index in [0.717, 1.165) is 0 Å². The van der Waals surface area contributed by atoms with Gasteiger partial charge in [-0.05, 0) is 0 Å². The van der Waals surface area contributed by atoms with Gasteiger partial charge in [-0.15, -0.1) is 0 Å². The Balaban J connectivity index is 2.55. The molecule has 0 spiro atoms. The van der Waals surface area contributed by atoms with E-state index in [1.807, 2.05) is 0 Å². The van der Waals surface area contributed by atoms with Crippen molar-refractivity contribution in [3.8, 4) is 5.82 Å². The normalized spacial score (nSPS) is 10.2. The van der Waals surface area contributed by atoms with E-state index in [2.05, 4.69) is 15.2 Å². The lowest BCUT2D eigenvalue weighted by molar-refractivity contribution is 0.896. The minimum absolute atomic E-state index is 0.138. The Morgan fingerprint density at radius 1 is 1.54 bits per heavy atom. The molecule has 0 aromatic carbocycles. The second kappa shape index (κ2) is 2.74. The second-order valence-corrected chi connectivity index (χ2v) is 2.48. The van der Waals surface area contributed by atoms with Crippen molar-refractivity contribution < 1.29 is 0 Å². The molecule has 0 atom stereocenters. The molecular weight excluding hydrogens is 170 g/mol. The smallest absolute Gasteiger partial charge is 0.287 e. The summed E-state index contributed by atoms with van der Waals surface area (Å²) in [6, 6.07) is 1.49. The van der Waals surface area contributed by atoms with Crippen molar-refractivity contribution in [3.05, 3.63) is 35.1 Å². The lowest BCUT2D eigenvalue weighted by Gasteiger charge is -1.99. The molecule has 0 amide bonds. The summed E-state index contributed by atoms with van der Waals surface area (Å²) in [6.07, 6.45) is 4.89. The Hall–Kier alpha value is -2.11. The number of nitrogens with zero attached hydrogens (tertiary/aromatic N) is 3. The maximum atomic E-state index is 10.9. The zero-order valence-corrected chi connectivity index (χ0v) is 6.64. The molecule has 3 N–H and O–H groups in total. The molecule has 0 fully saturated rings. The van der Waals surface area contributed by atoms with Crippen LogP contribution in [0.4, 0.5) is 5.69 Å². The summed E-state index contributed by atoms with van der Waals surface area (Å²) < 4.78 is 1.65. The van der Waals surface area contributed by atoms with Crippen LogP contribution in [0.25, 0.3) is 5.82 Å². The molecule has 2 rings (SSSR count). The average Bonchev–Trinajstić information content (AvgIpc) is 2.62. The molecular formula is C7H7N5O. The van der Waals surface area contributed by atoms with Crippen molar-refractivity contribution in [2.75, 3.05) is 5.73 Å². The van der Waals surface area contributed by atoms with Crippen LogP contribution in [0, 0.1) is 0 Å². The second-order valence-electron chi connectivity index (χ2n) is 2.48. The summed E-state index contributed by atoms with van der Waals surface area (Å²) in [5.74, 6) is 0.537. The summed E-state index contributed by atoms with van der Waals surface area (Å²) in [7, 11) is 0. The van der Waals surface area contributed by atoms with Crippen LogP contribution in [0.15, 0.2) is 29.6 Å². The van der Waals surface area contributed by atoms with Crippen LogP contribution >= 0.6 is 0 Å². The number of imidazole rings is 1. The summed E-state index contributed by atoms with van der Waals surface area (Å²) in [5, 5.41) is 6.06. The number of H-pyrrole nitrogens is 1. The zero-order valence-electron chi connectivity index (χ0n) is 6.64. The first-order valence-corrected chi connectivity index (χ1v) is 3.61. The Morgan fingerprint density at radius 3 is 3.00 bits per heavy atom. The first-order chi connectivity index (χ1) is 6.27. The van der Waals surface area contributed by atoms with Gasteiger partial charge in [-0.2, -0.15) is 5.10 Å². The maximum absolute atomic E-state index is 10.9. The van der Waals surface area contributed by atoms with Gasteiger partial charge in [0.15, 0.2) is 5.82 Å². The minimum atomic E-state index is -0.385. The van der Waals surface area contributed by atoms with Crippen LogP contribution in [0.5, 0.6) is 0 Å². The van der Waals surface area contributed by atoms with E-state index in [1.165, 1.54) is 6.07 Å². The molecule has 0 saturated carbocycles. The van der Waals surface area contributed by atoms with Crippen LogP contribution in [0.1, 0.15) is 0 Å².